The van der Waals surface area contributed by atoms with Crippen molar-refractivity contribution < 1.29 is 4.74 Å². The second-order valence-electron chi connectivity index (χ2n) is 8.32. The summed E-state index contributed by atoms with van der Waals surface area (Å²) < 4.78 is 8.14. The highest BCUT2D eigenvalue weighted by molar-refractivity contribution is 14.0. The van der Waals surface area contributed by atoms with Gasteiger partial charge in [0.1, 0.15) is 11.6 Å². The molecule has 4 rings (SSSR count). The zero-order chi connectivity index (χ0) is 17.6. The predicted molar refractivity (Wildman–Crippen MR) is 112 cm³/mol. The first-order valence-corrected chi connectivity index (χ1v) is 9.48. The van der Waals surface area contributed by atoms with Crippen LogP contribution in [0.3, 0.4) is 0 Å². The summed E-state index contributed by atoms with van der Waals surface area (Å²) in [6, 6.07) is 0.434. The van der Waals surface area contributed by atoms with Crippen LogP contribution >= 0.6 is 24.0 Å². The molecule has 7 nitrogen and oxygen atoms in total. The van der Waals surface area contributed by atoms with Crippen LogP contribution in [0, 0.1) is 24.2 Å². The van der Waals surface area contributed by atoms with Crippen LogP contribution in [-0.2, 0) is 17.7 Å². The second-order valence-corrected chi connectivity index (χ2v) is 8.32. The van der Waals surface area contributed by atoms with Gasteiger partial charge in [-0.2, -0.15) is 0 Å². The average molecular weight is 474 g/mol. The van der Waals surface area contributed by atoms with Gasteiger partial charge in [0.15, 0.2) is 5.96 Å². The molecule has 3 aliphatic rings. The first-order chi connectivity index (χ1) is 12.0. The van der Waals surface area contributed by atoms with E-state index in [1.807, 2.05) is 14.0 Å². The molecule has 1 aliphatic carbocycles. The predicted octanol–water partition coefficient (Wildman–Crippen LogP) is 1.75. The van der Waals surface area contributed by atoms with E-state index in [2.05, 4.69) is 44.2 Å². The van der Waals surface area contributed by atoms with Gasteiger partial charge in [-0.3, -0.25) is 4.99 Å². The number of nitrogens with zero attached hydrogens (tertiary/aromatic N) is 4. The van der Waals surface area contributed by atoms with Gasteiger partial charge in [-0.05, 0) is 25.7 Å². The van der Waals surface area contributed by atoms with Crippen molar-refractivity contribution in [2.45, 2.75) is 58.7 Å². The molecular formula is C18H31IN6O. The van der Waals surface area contributed by atoms with Crippen LogP contribution in [0.2, 0.25) is 0 Å². The fraction of sp³-hybridized carbons (Fsp3) is 0.833. The molecule has 0 radical (unpaired) electrons. The van der Waals surface area contributed by atoms with Crippen molar-refractivity contribution >= 4 is 29.9 Å². The second kappa shape index (κ2) is 7.61. The third-order valence-electron chi connectivity index (χ3n) is 6.40. The number of hydrogen-bond donors (Lipinski definition) is 2. The first-order valence-electron chi connectivity index (χ1n) is 9.48. The van der Waals surface area contributed by atoms with E-state index in [1.54, 1.807) is 0 Å². The number of fused-ring (bicyclic) bond motifs is 2. The van der Waals surface area contributed by atoms with Crippen LogP contribution in [0.1, 0.15) is 38.3 Å². The normalized spacial score (nSPS) is 32.1. The molecule has 0 spiro atoms. The Morgan fingerprint density at radius 1 is 1.35 bits per heavy atom. The Morgan fingerprint density at radius 2 is 2.15 bits per heavy atom. The lowest BCUT2D eigenvalue weighted by atomic mass is 9.57. The molecule has 146 valence electrons. The van der Waals surface area contributed by atoms with E-state index in [9.17, 15) is 0 Å². The smallest absolute Gasteiger partial charge is 0.191 e. The summed E-state index contributed by atoms with van der Waals surface area (Å²) >= 11 is 0. The minimum Gasteiger partial charge on any atom is -0.377 e. The lowest BCUT2D eigenvalue weighted by molar-refractivity contribution is -0.106. The maximum atomic E-state index is 5.89. The van der Waals surface area contributed by atoms with Crippen molar-refractivity contribution in [3.05, 3.63) is 11.6 Å². The Kier molecular flexibility index (Phi) is 5.81. The number of aliphatic imine (C=N–C) groups is 1. The van der Waals surface area contributed by atoms with Crippen molar-refractivity contribution in [2.24, 2.45) is 22.2 Å². The third-order valence-corrected chi connectivity index (χ3v) is 6.40. The molecule has 26 heavy (non-hydrogen) atoms. The van der Waals surface area contributed by atoms with Crippen molar-refractivity contribution in [1.29, 1.82) is 0 Å². The molecule has 1 saturated heterocycles. The standard InChI is InChI=1S/C18H30N6O.HI/c1-11-22-23-14-6-5-12(10-24(11)14)9-20-17(19-4)21-15-13-7-8-25-16(13)18(15,2)3;/h12-13,15-16H,5-10H2,1-4H3,(H2,19,20,21);1H. The summed E-state index contributed by atoms with van der Waals surface area (Å²) in [7, 11) is 1.85. The number of nitrogens with one attached hydrogen (secondary N) is 2. The lowest BCUT2D eigenvalue weighted by Gasteiger charge is -2.55. The Bertz CT molecular complexity index is 673. The lowest BCUT2D eigenvalue weighted by Crippen LogP contribution is -2.68. The van der Waals surface area contributed by atoms with Gasteiger partial charge < -0.3 is 19.9 Å². The maximum Gasteiger partial charge on any atom is 0.191 e. The average Bonchev–Trinajstić information content (AvgIpc) is 3.21. The van der Waals surface area contributed by atoms with Gasteiger partial charge in [-0.15, -0.1) is 34.2 Å². The summed E-state index contributed by atoms with van der Waals surface area (Å²) in [6.07, 6.45) is 3.71. The minimum absolute atomic E-state index is 0. The van der Waals surface area contributed by atoms with Crippen molar-refractivity contribution in [2.75, 3.05) is 20.2 Å². The summed E-state index contributed by atoms with van der Waals surface area (Å²) in [6.45, 7) is 9.43. The molecule has 2 fully saturated rings. The Balaban J connectivity index is 0.00000196. The molecule has 2 aliphatic heterocycles. The van der Waals surface area contributed by atoms with E-state index in [-0.39, 0.29) is 29.4 Å². The van der Waals surface area contributed by atoms with Gasteiger partial charge in [0, 0.05) is 50.5 Å². The van der Waals surface area contributed by atoms with E-state index in [0.29, 0.717) is 24.0 Å². The molecule has 1 saturated carbocycles. The molecule has 1 aromatic heterocycles. The molecule has 4 atom stereocenters. The number of guanidine groups is 1. The largest absolute Gasteiger partial charge is 0.377 e. The molecule has 8 heteroatoms. The van der Waals surface area contributed by atoms with E-state index in [4.69, 9.17) is 4.74 Å². The number of halogens is 1. The third kappa shape index (κ3) is 3.34. The van der Waals surface area contributed by atoms with E-state index in [0.717, 1.165) is 56.6 Å². The van der Waals surface area contributed by atoms with Gasteiger partial charge in [-0.25, -0.2) is 0 Å². The number of aromatic nitrogens is 3. The van der Waals surface area contributed by atoms with Crippen LogP contribution < -0.4 is 10.6 Å². The van der Waals surface area contributed by atoms with Crippen LogP contribution in [0.4, 0.5) is 0 Å². The van der Waals surface area contributed by atoms with Crippen LogP contribution in [-0.4, -0.2) is 53.1 Å². The molecule has 4 unspecified atom stereocenters. The highest BCUT2D eigenvalue weighted by Gasteiger charge is 2.59. The molecular weight excluding hydrogens is 443 g/mol. The van der Waals surface area contributed by atoms with Gasteiger partial charge in [0.2, 0.25) is 0 Å². The highest BCUT2D eigenvalue weighted by Crippen LogP contribution is 2.52. The quantitative estimate of drug-likeness (QED) is 0.397. The van der Waals surface area contributed by atoms with E-state index < -0.39 is 0 Å². The molecule has 2 N–H and O–H groups in total. The number of rotatable bonds is 3. The monoisotopic (exact) mass is 474 g/mol. The number of hydrogen-bond acceptors (Lipinski definition) is 4. The molecule has 1 aromatic rings. The summed E-state index contributed by atoms with van der Waals surface area (Å²) in [5.74, 6) is 4.25. The fourth-order valence-electron chi connectivity index (χ4n) is 4.90. The molecule has 3 heterocycles. The van der Waals surface area contributed by atoms with E-state index in [1.165, 1.54) is 0 Å². The zero-order valence-electron chi connectivity index (χ0n) is 16.2. The fourth-order valence-corrected chi connectivity index (χ4v) is 4.90. The number of aryl methyl sites for hydroxylation is 2. The SMILES string of the molecule is CN=C(NCC1CCc2nnc(C)n2C1)NC1C2CCOC2C1(C)C.I. The molecule has 0 bridgehead atoms. The molecule has 0 aromatic carbocycles. The maximum absolute atomic E-state index is 5.89. The summed E-state index contributed by atoms with van der Waals surface area (Å²) in [5, 5.41) is 15.6. The van der Waals surface area contributed by atoms with Gasteiger partial charge in [0.25, 0.3) is 0 Å². The topological polar surface area (TPSA) is 76.4 Å². The molecule has 0 amide bonds. The summed E-state index contributed by atoms with van der Waals surface area (Å²) in [5.41, 5.74) is 0.165. The van der Waals surface area contributed by atoms with Crippen LogP contribution in [0.25, 0.3) is 0 Å². The van der Waals surface area contributed by atoms with Gasteiger partial charge >= 0.3 is 0 Å². The van der Waals surface area contributed by atoms with Crippen molar-refractivity contribution in [3.8, 4) is 0 Å². The van der Waals surface area contributed by atoms with Crippen molar-refractivity contribution in [3.63, 3.8) is 0 Å². The van der Waals surface area contributed by atoms with E-state index >= 15 is 0 Å². The van der Waals surface area contributed by atoms with Gasteiger partial charge in [-0.1, -0.05) is 13.8 Å². The minimum atomic E-state index is 0. The zero-order valence-corrected chi connectivity index (χ0v) is 18.5. The Morgan fingerprint density at radius 3 is 2.92 bits per heavy atom. The Labute approximate surface area is 172 Å². The number of ether oxygens (including phenoxy) is 1. The Hall–Kier alpha value is -0.900. The van der Waals surface area contributed by atoms with Crippen LogP contribution in [0.5, 0.6) is 0 Å². The summed E-state index contributed by atoms with van der Waals surface area (Å²) in [4.78, 5) is 4.45. The first kappa shape index (κ1) is 19.9. The van der Waals surface area contributed by atoms with Crippen molar-refractivity contribution in [1.82, 2.24) is 25.4 Å². The van der Waals surface area contributed by atoms with Crippen LogP contribution in [0.15, 0.2) is 4.99 Å². The van der Waals surface area contributed by atoms with Gasteiger partial charge in [0.05, 0.1) is 6.10 Å². The highest BCUT2D eigenvalue weighted by atomic mass is 127.